The van der Waals surface area contributed by atoms with E-state index in [4.69, 9.17) is 10.00 Å². The number of benzene rings is 1. The van der Waals surface area contributed by atoms with Gasteiger partial charge in [0, 0.05) is 6.42 Å². The maximum atomic E-state index is 9.09. The van der Waals surface area contributed by atoms with Crippen molar-refractivity contribution in [3.8, 4) is 11.8 Å². The highest BCUT2D eigenvalue weighted by molar-refractivity contribution is 7.16. The van der Waals surface area contributed by atoms with Gasteiger partial charge in [-0.15, -0.1) is 0 Å². The number of hydrogen-bond acceptors (Lipinski definition) is 5. The number of fused-ring (bicyclic) bond motifs is 1. The van der Waals surface area contributed by atoms with Crippen molar-refractivity contribution in [2.75, 3.05) is 6.61 Å². The molecule has 0 radical (unpaired) electrons. The Bertz CT molecular complexity index is 785. The number of imidazole rings is 1. The van der Waals surface area contributed by atoms with Gasteiger partial charge in [-0.05, 0) is 25.5 Å². The van der Waals surface area contributed by atoms with Crippen molar-refractivity contribution in [1.29, 1.82) is 5.26 Å². The molecule has 2 aromatic heterocycles. The fourth-order valence-electron chi connectivity index (χ4n) is 2.05. The number of aryl methyl sites for hydroxylation is 2. The van der Waals surface area contributed by atoms with E-state index in [1.807, 2.05) is 37.3 Å². The summed E-state index contributed by atoms with van der Waals surface area (Å²) in [4.78, 5) is 5.13. The average Bonchev–Trinajstić information content (AvgIpc) is 3.00. The first-order valence-electron chi connectivity index (χ1n) is 6.71. The maximum Gasteiger partial charge on any atom is 0.213 e. The standard InChI is InChI=1S/C15H14N4OS/c1-11-13(10-16)19-15(17-11)21-14(18-19)8-5-9-20-12-6-3-2-4-7-12/h2-4,6-7H,5,8-9H2,1H3. The van der Waals surface area contributed by atoms with Crippen LogP contribution in [0.2, 0.25) is 0 Å². The van der Waals surface area contributed by atoms with Gasteiger partial charge < -0.3 is 4.74 Å². The van der Waals surface area contributed by atoms with Crippen LogP contribution in [-0.2, 0) is 6.42 Å². The topological polar surface area (TPSA) is 63.2 Å². The van der Waals surface area contributed by atoms with Gasteiger partial charge in [0.2, 0.25) is 4.96 Å². The van der Waals surface area contributed by atoms with E-state index in [0.29, 0.717) is 12.3 Å². The number of aromatic nitrogens is 3. The SMILES string of the molecule is Cc1nc2sc(CCCOc3ccccc3)nn2c1C#N. The minimum Gasteiger partial charge on any atom is -0.494 e. The fourth-order valence-corrected chi connectivity index (χ4v) is 3.03. The molecule has 0 amide bonds. The first-order valence-corrected chi connectivity index (χ1v) is 7.52. The molecule has 5 nitrogen and oxygen atoms in total. The minimum absolute atomic E-state index is 0.521. The zero-order valence-electron chi connectivity index (χ0n) is 11.6. The molecular formula is C15H14N4OS. The second kappa shape index (κ2) is 5.94. The largest absolute Gasteiger partial charge is 0.494 e. The Hall–Kier alpha value is -2.39. The molecule has 0 unspecified atom stereocenters. The lowest BCUT2D eigenvalue weighted by molar-refractivity contribution is 0.311. The number of rotatable bonds is 5. The smallest absolute Gasteiger partial charge is 0.213 e. The molecule has 0 aliphatic rings. The van der Waals surface area contributed by atoms with E-state index in [9.17, 15) is 0 Å². The second-order valence-electron chi connectivity index (χ2n) is 4.61. The summed E-state index contributed by atoms with van der Waals surface area (Å²) in [5.41, 5.74) is 1.25. The molecule has 0 bridgehead atoms. The first kappa shape index (κ1) is 13.6. The van der Waals surface area contributed by atoms with E-state index in [0.717, 1.165) is 34.3 Å². The lowest BCUT2D eigenvalue weighted by atomic mass is 10.3. The summed E-state index contributed by atoms with van der Waals surface area (Å²) >= 11 is 1.53. The summed E-state index contributed by atoms with van der Waals surface area (Å²) < 4.78 is 7.28. The maximum absolute atomic E-state index is 9.09. The van der Waals surface area contributed by atoms with Gasteiger partial charge in [0.25, 0.3) is 0 Å². The van der Waals surface area contributed by atoms with Gasteiger partial charge in [0.15, 0.2) is 5.69 Å². The summed E-state index contributed by atoms with van der Waals surface area (Å²) in [7, 11) is 0. The van der Waals surface area contributed by atoms with Crippen LogP contribution in [0.4, 0.5) is 0 Å². The summed E-state index contributed by atoms with van der Waals surface area (Å²) in [6, 6.07) is 11.9. The zero-order valence-corrected chi connectivity index (χ0v) is 12.4. The van der Waals surface area contributed by atoms with Gasteiger partial charge in [-0.1, -0.05) is 29.5 Å². The van der Waals surface area contributed by atoms with Crippen molar-refractivity contribution >= 4 is 16.3 Å². The van der Waals surface area contributed by atoms with Crippen LogP contribution in [0, 0.1) is 18.3 Å². The Labute approximate surface area is 126 Å². The van der Waals surface area contributed by atoms with E-state index < -0.39 is 0 Å². The monoisotopic (exact) mass is 298 g/mol. The third-order valence-corrected chi connectivity index (χ3v) is 4.04. The number of ether oxygens (including phenoxy) is 1. The summed E-state index contributed by atoms with van der Waals surface area (Å²) in [5, 5.41) is 14.5. The lowest BCUT2D eigenvalue weighted by Gasteiger charge is -2.04. The third kappa shape index (κ3) is 2.88. The highest BCUT2D eigenvalue weighted by atomic mass is 32.1. The van der Waals surface area contributed by atoms with Gasteiger partial charge in [0.05, 0.1) is 12.3 Å². The molecule has 21 heavy (non-hydrogen) atoms. The fraction of sp³-hybridized carbons (Fsp3) is 0.267. The van der Waals surface area contributed by atoms with Gasteiger partial charge in [-0.25, -0.2) is 4.98 Å². The van der Waals surface area contributed by atoms with Crippen LogP contribution in [0.5, 0.6) is 5.75 Å². The van der Waals surface area contributed by atoms with Crippen LogP contribution in [0.1, 0.15) is 22.8 Å². The van der Waals surface area contributed by atoms with E-state index in [-0.39, 0.29) is 0 Å². The number of nitriles is 1. The average molecular weight is 298 g/mol. The highest BCUT2D eigenvalue weighted by Crippen LogP contribution is 2.19. The molecule has 106 valence electrons. The molecule has 0 atom stereocenters. The predicted molar refractivity (Wildman–Crippen MR) is 80.6 cm³/mol. The van der Waals surface area contributed by atoms with Crippen LogP contribution >= 0.6 is 11.3 Å². The molecule has 2 heterocycles. The summed E-state index contributed by atoms with van der Waals surface area (Å²) in [6.07, 6.45) is 1.71. The predicted octanol–water partition coefficient (Wildman–Crippen LogP) is 2.98. The van der Waals surface area contributed by atoms with Gasteiger partial charge in [0.1, 0.15) is 16.8 Å². The number of nitrogens with zero attached hydrogens (tertiary/aromatic N) is 4. The van der Waals surface area contributed by atoms with E-state index in [2.05, 4.69) is 16.2 Å². The van der Waals surface area contributed by atoms with Crippen LogP contribution in [0.25, 0.3) is 4.96 Å². The van der Waals surface area contributed by atoms with Crippen LogP contribution in [0.15, 0.2) is 30.3 Å². The lowest BCUT2D eigenvalue weighted by Crippen LogP contribution is -2.00. The van der Waals surface area contributed by atoms with Crippen LogP contribution in [0.3, 0.4) is 0 Å². The normalized spacial score (nSPS) is 10.7. The second-order valence-corrected chi connectivity index (χ2v) is 5.65. The van der Waals surface area contributed by atoms with Crippen molar-refractivity contribution in [3.63, 3.8) is 0 Å². The molecule has 1 aromatic carbocycles. The molecule has 6 heteroatoms. The first-order chi connectivity index (χ1) is 10.3. The van der Waals surface area contributed by atoms with Gasteiger partial charge >= 0.3 is 0 Å². The van der Waals surface area contributed by atoms with Crippen LogP contribution < -0.4 is 4.74 Å². The van der Waals surface area contributed by atoms with Crippen molar-refractivity contribution in [2.45, 2.75) is 19.8 Å². The third-order valence-electron chi connectivity index (χ3n) is 3.07. The number of para-hydroxylation sites is 1. The molecule has 3 aromatic rings. The Morgan fingerprint density at radius 3 is 2.90 bits per heavy atom. The van der Waals surface area contributed by atoms with E-state index in [1.165, 1.54) is 11.3 Å². The summed E-state index contributed by atoms with van der Waals surface area (Å²) in [5.74, 6) is 0.883. The van der Waals surface area contributed by atoms with E-state index in [1.54, 1.807) is 4.52 Å². The molecule has 0 aliphatic heterocycles. The zero-order chi connectivity index (χ0) is 14.7. The molecule has 3 rings (SSSR count). The molecular weight excluding hydrogens is 284 g/mol. The minimum atomic E-state index is 0.521. The molecule has 0 fully saturated rings. The number of hydrogen-bond donors (Lipinski definition) is 0. The molecule has 0 saturated heterocycles. The molecule has 0 N–H and O–H groups in total. The summed E-state index contributed by atoms with van der Waals surface area (Å²) in [6.45, 7) is 2.48. The highest BCUT2D eigenvalue weighted by Gasteiger charge is 2.13. The van der Waals surface area contributed by atoms with Crippen LogP contribution in [-0.4, -0.2) is 21.2 Å². The molecule has 0 saturated carbocycles. The van der Waals surface area contributed by atoms with Gasteiger partial charge in [-0.3, -0.25) is 0 Å². The molecule has 0 spiro atoms. The Morgan fingerprint density at radius 1 is 1.33 bits per heavy atom. The molecule has 0 aliphatic carbocycles. The van der Waals surface area contributed by atoms with E-state index >= 15 is 0 Å². The quantitative estimate of drug-likeness (QED) is 0.679. The Balaban J connectivity index is 1.59. The Morgan fingerprint density at radius 2 is 2.14 bits per heavy atom. The van der Waals surface area contributed by atoms with Crippen molar-refractivity contribution in [3.05, 3.63) is 46.7 Å². The Kier molecular flexibility index (Phi) is 3.84. The van der Waals surface area contributed by atoms with Crippen molar-refractivity contribution in [2.24, 2.45) is 0 Å². The van der Waals surface area contributed by atoms with Crippen molar-refractivity contribution in [1.82, 2.24) is 14.6 Å². The van der Waals surface area contributed by atoms with Crippen molar-refractivity contribution < 1.29 is 4.74 Å². The van der Waals surface area contributed by atoms with Gasteiger partial charge in [-0.2, -0.15) is 14.9 Å².